The SMILES string of the molecule is Cc1ccsc1C[NH+](C)CC(=O)Nc1ccc2c(c1)CCC2. The molecule has 1 aliphatic carbocycles. The van der Waals surface area contributed by atoms with Gasteiger partial charge in [0.25, 0.3) is 5.91 Å². The number of quaternary nitrogens is 1. The van der Waals surface area contributed by atoms with Crippen molar-refractivity contribution in [2.45, 2.75) is 32.7 Å². The third-order valence-electron chi connectivity index (χ3n) is 4.28. The van der Waals surface area contributed by atoms with Crippen molar-refractivity contribution in [1.29, 1.82) is 0 Å². The molecule has 3 nitrogen and oxygen atoms in total. The fourth-order valence-electron chi connectivity index (χ4n) is 3.05. The molecule has 2 aromatic rings. The Kier molecular flexibility index (Phi) is 4.60. The standard InChI is InChI=1S/C18H22N2OS/c1-13-8-9-22-17(13)11-20(2)12-18(21)19-16-7-6-14-4-3-5-15(14)10-16/h6-10H,3-5,11-12H2,1-2H3,(H,19,21)/p+1. The molecule has 0 aliphatic heterocycles. The van der Waals surface area contributed by atoms with Gasteiger partial charge < -0.3 is 10.2 Å². The molecule has 0 bridgehead atoms. The molecule has 0 fully saturated rings. The first-order chi connectivity index (χ1) is 10.6. The zero-order chi connectivity index (χ0) is 15.5. The van der Waals surface area contributed by atoms with Gasteiger partial charge in [-0.05, 0) is 66.5 Å². The monoisotopic (exact) mass is 315 g/mol. The molecule has 0 spiro atoms. The summed E-state index contributed by atoms with van der Waals surface area (Å²) in [6, 6.07) is 8.46. The van der Waals surface area contributed by atoms with Crippen LogP contribution in [0.4, 0.5) is 5.69 Å². The van der Waals surface area contributed by atoms with Gasteiger partial charge in [-0.2, -0.15) is 0 Å². The van der Waals surface area contributed by atoms with Crippen LogP contribution in [-0.2, 0) is 24.2 Å². The van der Waals surface area contributed by atoms with E-state index < -0.39 is 0 Å². The van der Waals surface area contributed by atoms with Gasteiger partial charge >= 0.3 is 0 Å². The minimum Gasteiger partial charge on any atom is -0.325 e. The second-order valence-corrected chi connectivity index (χ2v) is 7.22. The zero-order valence-corrected chi connectivity index (χ0v) is 14.1. The van der Waals surface area contributed by atoms with E-state index in [-0.39, 0.29) is 5.91 Å². The summed E-state index contributed by atoms with van der Waals surface area (Å²) in [5, 5.41) is 5.15. The number of aryl methyl sites for hydroxylation is 3. The fraction of sp³-hybridized carbons (Fsp3) is 0.389. The Hall–Kier alpha value is -1.65. The summed E-state index contributed by atoms with van der Waals surface area (Å²) in [7, 11) is 2.07. The smallest absolute Gasteiger partial charge is 0.279 e. The molecule has 0 saturated carbocycles. The first kappa shape index (κ1) is 15.3. The Balaban J connectivity index is 1.55. The lowest BCUT2D eigenvalue weighted by molar-refractivity contribution is -0.884. The van der Waals surface area contributed by atoms with Gasteiger partial charge in [-0.15, -0.1) is 11.3 Å². The molecular formula is C18H23N2OS+. The maximum Gasteiger partial charge on any atom is 0.279 e. The number of fused-ring (bicyclic) bond motifs is 1. The molecule has 1 atom stereocenters. The van der Waals surface area contributed by atoms with Gasteiger partial charge in [0.2, 0.25) is 0 Å². The maximum absolute atomic E-state index is 12.2. The third-order valence-corrected chi connectivity index (χ3v) is 5.30. The molecule has 0 radical (unpaired) electrons. The number of benzene rings is 1. The molecule has 1 aromatic carbocycles. The minimum absolute atomic E-state index is 0.0876. The number of rotatable bonds is 5. The van der Waals surface area contributed by atoms with Crippen molar-refractivity contribution in [2.75, 3.05) is 18.9 Å². The van der Waals surface area contributed by atoms with Crippen LogP contribution in [0.1, 0.15) is 28.0 Å². The van der Waals surface area contributed by atoms with Crippen molar-refractivity contribution < 1.29 is 9.69 Å². The Bertz CT molecular complexity index is 677. The number of carbonyl (C=O) groups is 1. The van der Waals surface area contributed by atoms with Crippen LogP contribution in [-0.4, -0.2) is 19.5 Å². The van der Waals surface area contributed by atoms with Crippen LogP contribution >= 0.6 is 11.3 Å². The van der Waals surface area contributed by atoms with E-state index in [0.717, 1.165) is 18.7 Å². The highest BCUT2D eigenvalue weighted by molar-refractivity contribution is 7.10. The van der Waals surface area contributed by atoms with E-state index in [1.807, 2.05) is 6.07 Å². The number of likely N-dealkylation sites (N-methyl/N-ethyl adjacent to an activating group) is 1. The molecule has 1 amide bonds. The van der Waals surface area contributed by atoms with E-state index >= 15 is 0 Å². The fourth-order valence-corrected chi connectivity index (χ4v) is 4.07. The highest BCUT2D eigenvalue weighted by atomic mass is 32.1. The normalized spacial score (nSPS) is 14.6. The Morgan fingerprint density at radius 1 is 1.27 bits per heavy atom. The molecular weight excluding hydrogens is 292 g/mol. The highest BCUT2D eigenvalue weighted by Gasteiger charge is 2.15. The van der Waals surface area contributed by atoms with Gasteiger partial charge in [0, 0.05) is 5.69 Å². The van der Waals surface area contributed by atoms with E-state index in [2.05, 4.69) is 42.9 Å². The van der Waals surface area contributed by atoms with Crippen molar-refractivity contribution in [1.82, 2.24) is 0 Å². The summed E-state index contributed by atoms with van der Waals surface area (Å²) in [5.41, 5.74) is 5.09. The summed E-state index contributed by atoms with van der Waals surface area (Å²) >= 11 is 1.77. The van der Waals surface area contributed by atoms with E-state index in [4.69, 9.17) is 0 Å². The Labute approximate surface area is 136 Å². The summed E-state index contributed by atoms with van der Waals surface area (Å²) < 4.78 is 0. The molecule has 1 aromatic heterocycles. The van der Waals surface area contributed by atoms with Gasteiger partial charge in [0.1, 0.15) is 6.54 Å². The lowest BCUT2D eigenvalue weighted by atomic mass is 10.1. The minimum atomic E-state index is 0.0876. The van der Waals surface area contributed by atoms with Crippen molar-refractivity contribution in [3.63, 3.8) is 0 Å². The van der Waals surface area contributed by atoms with Gasteiger partial charge in [0.05, 0.1) is 11.9 Å². The molecule has 3 rings (SSSR count). The van der Waals surface area contributed by atoms with Crippen LogP contribution in [0.5, 0.6) is 0 Å². The predicted molar refractivity (Wildman–Crippen MR) is 91.6 cm³/mol. The van der Waals surface area contributed by atoms with Crippen LogP contribution in [0.2, 0.25) is 0 Å². The zero-order valence-electron chi connectivity index (χ0n) is 13.2. The number of nitrogens with one attached hydrogen (secondary N) is 2. The molecule has 0 saturated heterocycles. The van der Waals surface area contributed by atoms with E-state index in [0.29, 0.717) is 6.54 Å². The van der Waals surface area contributed by atoms with Gasteiger partial charge in [0.15, 0.2) is 6.54 Å². The van der Waals surface area contributed by atoms with Crippen LogP contribution in [0.3, 0.4) is 0 Å². The first-order valence-corrected chi connectivity index (χ1v) is 8.75. The summed E-state index contributed by atoms with van der Waals surface area (Å²) in [5.74, 6) is 0.0876. The average molecular weight is 315 g/mol. The largest absolute Gasteiger partial charge is 0.325 e. The number of anilines is 1. The number of carbonyl (C=O) groups excluding carboxylic acids is 1. The average Bonchev–Trinajstić information content (AvgIpc) is 3.07. The Morgan fingerprint density at radius 2 is 2.09 bits per heavy atom. The molecule has 1 unspecified atom stereocenters. The van der Waals surface area contributed by atoms with E-state index in [1.165, 1.54) is 39.3 Å². The van der Waals surface area contributed by atoms with Crippen LogP contribution < -0.4 is 10.2 Å². The third kappa shape index (κ3) is 3.57. The number of hydrogen-bond acceptors (Lipinski definition) is 2. The maximum atomic E-state index is 12.2. The van der Waals surface area contributed by atoms with Crippen LogP contribution in [0.25, 0.3) is 0 Å². The molecule has 1 heterocycles. The molecule has 22 heavy (non-hydrogen) atoms. The second kappa shape index (κ2) is 6.63. The van der Waals surface area contributed by atoms with Crippen LogP contribution in [0.15, 0.2) is 29.6 Å². The number of amides is 1. The van der Waals surface area contributed by atoms with Gasteiger partial charge in [-0.3, -0.25) is 4.79 Å². The van der Waals surface area contributed by atoms with Crippen LogP contribution in [0, 0.1) is 6.92 Å². The molecule has 4 heteroatoms. The highest BCUT2D eigenvalue weighted by Crippen LogP contribution is 2.24. The predicted octanol–water partition coefficient (Wildman–Crippen LogP) is 2.20. The lowest BCUT2D eigenvalue weighted by Gasteiger charge is -2.14. The summed E-state index contributed by atoms with van der Waals surface area (Å²) in [4.78, 5) is 14.8. The first-order valence-electron chi connectivity index (χ1n) is 7.88. The second-order valence-electron chi connectivity index (χ2n) is 6.22. The molecule has 1 aliphatic rings. The summed E-state index contributed by atoms with van der Waals surface area (Å²) in [6.07, 6.45) is 3.55. The van der Waals surface area contributed by atoms with E-state index in [1.54, 1.807) is 11.3 Å². The van der Waals surface area contributed by atoms with Crippen molar-refractivity contribution in [3.05, 3.63) is 51.2 Å². The van der Waals surface area contributed by atoms with Crippen molar-refractivity contribution >= 4 is 22.9 Å². The lowest BCUT2D eigenvalue weighted by Crippen LogP contribution is -3.08. The van der Waals surface area contributed by atoms with Gasteiger partial charge in [-0.1, -0.05) is 6.07 Å². The van der Waals surface area contributed by atoms with Gasteiger partial charge in [-0.25, -0.2) is 0 Å². The van der Waals surface area contributed by atoms with Crippen molar-refractivity contribution in [3.8, 4) is 0 Å². The van der Waals surface area contributed by atoms with E-state index in [9.17, 15) is 4.79 Å². The molecule has 2 N–H and O–H groups in total. The number of thiophene rings is 1. The quantitative estimate of drug-likeness (QED) is 0.871. The molecule has 116 valence electrons. The number of hydrogen-bond donors (Lipinski definition) is 2. The van der Waals surface area contributed by atoms with Crippen molar-refractivity contribution in [2.24, 2.45) is 0 Å². The summed E-state index contributed by atoms with van der Waals surface area (Å²) in [6.45, 7) is 3.53. The Morgan fingerprint density at radius 3 is 2.86 bits per heavy atom. The topological polar surface area (TPSA) is 33.5 Å².